The third kappa shape index (κ3) is 3.39. The van der Waals surface area contributed by atoms with E-state index in [-0.39, 0.29) is 11.6 Å². The lowest BCUT2D eigenvalue weighted by Crippen LogP contribution is -2.22. The van der Waals surface area contributed by atoms with Gasteiger partial charge in [-0.05, 0) is 24.3 Å². The summed E-state index contributed by atoms with van der Waals surface area (Å²) in [4.78, 5) is 31.8. The molecule has 0 saturated heterocycles. The highest BCUT2D eigenvalue weighted by Crippen LogP contribution is 2.20. The zero-order valence-electron chi connectivity index (χ0n) is 10.4. The molecule has 0 aliphatic carbocycles. The lowest BCUT2D eigenvalue weighted by molar-refractivity contribution is -0.144. The van der Waals surface area contributed by atoms with Gasteiger partial charge in [0.05, 0.1) is 5.69 Å². The number of ether oxygens (including phenoxy) is 1. The van der Waals surface area contributed by atoms with Crippen molar-refractivity contribution in [2.75, 3.05) is 5.88 Å². The fourth-order valence-electron chi connectivity index (χ4n) is 1.59. The van der Waals surface area contributed by atoms with Gasteiger partial charge in [0.2, 0.25) is 11.9 Å². The number of pyridine rings is 2. The van der Waals surface area contributed by atoms with Crippen molar-refractivity contribution in [2.45, 2.75) is 6.10 Å². The summed E-state index contributed by atoms with van der Waals surface area (Å²) in [7, 11) is 0. The summed E-state index contributed by atoms with van der Waals surface area (Å²) < 4.78 is 5.08. The van der Waals surface area contributed by atoms with Gasteiger partial charge in [-0.3, -0.25) is 19.6 Å². The van der Waals surface area contributed by atoms with Crippen LogP contribution >= 0.6 is 11.6 Å². The summed E-state index contributed by atoms with van der Waals surface area (Å²) in [5.41, 5.74) is 0.534. The molecule has 2 rings (SSSR count). The molecule has 0 N–H and O–H groups in total. The summed E-state index contributed by atoms with van der Waals surface area (Å²) in [5.74, 6) is -1.46. The van der Waals surface area contributed by atoms with Gasteiger partial charge in [0.25, 0.3) is 0 Å². The van der Waals surface area contributed by atoms with Gasteiger partial charge < -0.3 is 4.74 Å². The molecule has 2 aromatic rings. The molecule has 5 nitrogen and oxygen atoms in total. The van der Waals surface area contributed by atoms with Crippen LogP contribution in [0.15, 0.2) is 48.8 Å². The number of hydrogen-bond acceptors (Lipinski definition) is 5. The van der Waals surface area contributed by atoms with Crippen LogP contribution in [0.3, 0.4) is 0 Å². The fraction of sp³-hybridized carbons (Fsp3) is 0.143. The van der Waals surface area contributed by atoms with Gasteiger partial charge in [-0.25, -0.2) is 0 Å². The number of hydrogen-bond donors (Lipinski definition) is 0. The van der Waals surface area contributed by atoms with Gasteiger partial charge in [0.15, 0.2) is 0 Å². The van der Waals surface area contributed by atoms with Crippen LogP contribution in [0.25, 0.3) is 0 Å². The number of carbonyl (C=O) groups excluding carboxylic acids is 2. The predicted molar refractivity (Wildman–Crippen MR) is 72.4 cm³/mol. The molecule has 0 aliphatic rings. The number of halogens is 1. The van der Waals surface area contributed by atoms with Gasteiger partial charge in [0, 0.05) is 12.4 Å². The number of aromatic nitrogens is 2. The summed E-state index contributed by atoms with van der Waals surface area (Å²) in [6, 6.07) is 9.93. The van der Waals surface area contributed by atoms with E-state index in [0.29, 0.717) is 5.69 Å². The number of esters is 1. The van der Waals surface area contributed by atoms with E-state index in [2.05, 4.69) is 9.97 Å². The Kier molecular flexibility index (Phi) is 4.79. The van der Waals surface area contributed by atoms with E-state index in [1.54, 1.807) is 36.4 Å². The Morgan fingerprint density at radius 3 is 2.35 bits per heavy atom. The first-order chi connectivity index (χ1) is 9.72. The van der Waals surface area contributed by atoms with Gasteiger partial charge in [-0.15, -0.1) is 11.6 Å². The number of ketones is 1. The quantitative estimate of drug-likeness (QED) is 0.479. The van der Waals surface area contributed by atoms with Crippen molar-refractivity contribution < 1.29 is 14.3 Å². The molecule has 0 radical (unpaired) electrons. The molecule has 1 unspecified atom stereocenters. The number of alkyl halides is 1. The molecule has 1 atom stereocenters. The number of Topliss-reactive ketones (excluding diaryl/α,β-unsaturated/α-hetero) is 1. The van der Waals surface area contributed by atoms with Crippen molar-refractivity contribution in [3.8, 4) is 0 Å². The third-order valence-corrected chi connectivity index (χ3v) is 2.69. The number of rotatable bonds is 5. The molecule has 0 aliphatic heterocycles. The largest absolute Gasteiger partial charge is 0.446 e. The lowest BCUT2D eigenvalue weighted by Gasteiger charge is -2.15. The van der Waals surface area contributed by atoms with E-state index >= 15 is 0 Å². The van der Waals surface area contributed by atoms with E-state index in [1.165, 1.54) is 12.4 Å². The van der Waals surface area contributed by atoms with Crippen molar-refractivity contribution in [3.05, 3.63) is 60.2 Å². The molecule has 2 aromatic heterocycles. The van der Waals surface area contributed by atoms with Crippen molar-refractivity contribution >= 4 is 23.4 Å². The van der Waals surface area contributed by atoms with Crippen LogP contribution in [-0.2, 0) is 9.53 Å². The summed E-state index contributed by atoms with van der Waals surface area (Å²) >= 11 is 5.41. The van der Waals surface area contributed by atoms with E-state index < -0.39 is 17.9 Å². The minimum absolute atomic E-state index is 0.200. The smallest absolute Gasteiger partial charge is 0.322 e. The molecule has 20 heavy (non-hydrogen) atoms. The zero-order chi connectivity index (χ0) is 14.4. The summed E-state index contributed by atoms with van der Waals surface area (Å²) in [5, 5.41) is 0. The molecule has 102 valence electrons. The highest BCUT2D eigenvalue weighted by atomic mass is 35.5. The average Bonchev–Trinajstić information content (AvgIpc) is 2.53. The standard InChI is InChI=1S/C14H11ClN2O3/c15-9-12(18)20-14(11-6-2-4-8-17-11)13(19)10-5-1-3-7-16-10/h1-8,14H,9H2. The Morgan fingerprint density at radius 2 is 1.80 bits per heavy atom. The van der Waals surface area contributed by atoms with Crippen LogP contribution in [-0.4, -0.2) is 27.6 Å². The van der Waals surface area contributed by atoms with Gasteiger partial charge in [-0.1, -0.05) is 12.1 Å². The third-order valence-electron chi connectivity index (χ3n) is 2.47. The van der Waals surface area contributed by atoms with Crippen LogP contribution in [0.2, 0.25) is 0 Å². The maximum Gasteiger partial charge on any atom is 0.322 e. The summed E-state index contributed by atoms with van der Waals surface area (Å²) in [6.07, 6.45) is 1.87. The van der Waals surface area contributed by atoms with Crippen LogP contribution in [0, 0.1) is 0 Å². The Bertz CT molecular complexity index is 590. The SMILES string of the molecule is O=C(CCl)OC(C(=O)c1ccccn1)c1ccccn1. The first-order valence-corrected chi connectivity index (χ1v) is 6.37. The predicted octanol–water partition coefficient (Wildman–Crippen LogP) is 2.18. The molecule has 0 fully saturated rings. The van der Waals surface area contributed by atoms with Crippen LogP contribution < -0.4 is 0 Å². The van der Waals surface area contributed by atoms with Gasteiger partial charge in [-0.2, -0.15) is 0 Å². The van der Waals surface area contributed by atoms with E-state index in [0.717, 1.165) is 0 Å². The summed E-state index contributed by atoms with van der Waals surface area (Å²) in [6.45, 7) is 0. The molecule has 0 spiro atoms. The maximum absolute atomic E-state index is 12.4. The van der Waals surface area contributed by atoms with Crippen molar-refractivity contribution in [1.29, 1.82) is 0 Å². The van der Waals surface area contributed by atoms with Crippen molar-refractivity contribution in [1.82, 2.24) is 9.97 Å². The van der Waals surface area contributed by atoms with Crippen LogP contribution in [0.4, 0.5) is 0 Å². The molecular weight excluding hydrogens is 280 g/mol. The Labute approximate surface area is 120 Å². The van der Waals surface area contributed by atoms with E-state index in [9.17, 15) is 9.59 Å². The second-order valence-electron chi connectivity index (χ2n) is 3.84. The van der Waals surface area contributed by atoms with E-state index in [1.807, 2.05) is 0 Å². The molecule has 0 bridgehead atoms. The van der Waals surface area contributed by atoms with Crippen molar-refractivity contribution in [2.24, 2.45) is 0 Å². The Balaban J connectivity index is 2.32. The highest BCUT2D eigenvalue weighted by Gasteiger charge is 2.27. The molecule has 6 heteroatoms. The molecule has 0 saturated carbocycles. The normalized spacial score (nSPS) is 11.7. The first kappa shape index (κ1) is 14.1. The first-order valence-electron chi connectivity index (χ1n) is 5.84. The zero-order valence-corrected chi connectivity index (χ0v) is 11.2. The molecular formula is C14H11ClN2O3. The van der Waals surface area contributed by atoms with Gasteiger partial charge >= 0.3 is 5.97 Å². The Morgan fingerprint density at radius 1 is 1.10 bits per heavy atom. The highest BCUT2D eigenvalue weighted by molar-refractivity contribution is 6.26. The number of nitrogens with zero attached hydrogens (tertiary/aromatic N) is 2. The second-order valence-corrected chi connectivity index (χ2v) is 4.10. The van der Waals surface area contributed by atoms with Crippen molar-refractivity contribution in [3.63, 3.8) is 0 Å². The minimum Gasteiger partial charge on any atom is -0.446 e. The Hall–Kier alpha value is -2.27. The fourth-order valence-corrected chi connectivity index (χ4v) is 1.65. The molecule has 0 aromatic carbocycles. The van der Waals surface area contributed by atoms with E-state index in [4.69, 9.17) is 16.3 Å². The average molecular weight is 291 g/mol. The lowest BCUT2D eigenvalue weighted by atomic mass is 10.1. The van der Waals surface area contributed by atoms with Crippen LogP contribution in [0.5, 0.6) is 0 Å². The van der Waals surface area contributed by atoms with Crippen LogP contribution in [0.1, 0.15) is 22.3 Å². The van der Waals surface area contributed by atoms with Gasteiger partial charge in [0.1, 0.15) is 11.6 Å². The minimum atomic E-state index is -1.14. The topological polar surface area (TPSA) is 69.2 Å². The monoisotopic (exact) mass is 290 g/mol. The second kappa shape index (κ2) is 6.77. The molecule has 0 amide bonds. The maximum atomic E-state index is 12.4. The molecule has 2 heterocycles. The number of carbonyl (C=O) groups is 2.